The Balaban J connectivity index is 1.68. The van der Waals surface area contributed by atoms with E-state index in [4.69, 9.17) is 0 Å². The molecule has 2 heterocycles. The molecule has 2 aromatic rings. The Morgan fingerprint density at radius 1 is 1.40 bits per heavy atom. The van der Waals surface area contributed by atoms with Crippen LogP contribution < -0.4 is 10.6 Å². The first-order chi connectivity index (χ1) is 9.74. The third-order valence-electron chi connectivity index (χ3n) is 3.47. The van der Waals surface area contributed by atoms with Crippen LogP contribution in [0.25, 0.3) is 11.3 Å². The highest BCUT2D eigenvalue weighted by molar-refractivity contribution is 7.10. The summed E-state index contributed by atoms with van der Waals surface area (Å²) in [4.78, 5) is 16.5. The van der Waals surface area contributed by atoms with Gasteiger partial charge in [-0.25, -0.2) is 4.98 Å². The van der Waals surface area contributed by atoms with Crippen molar-refractivity contribution in [3.05, 3.63) is 40.7 Å². The molecule has 0 bridgehead atoms. The number of carbonyl (C=O) groups excluding carboxylic acids is 1. The van der Waals surface area contributed by atoms with E-state index in [0.29, 0.717) is 0 Å². The molecule has 4 nitrogen and oxygen atoms in total. The summed E-state index contributed by atoms with van der Waals surface area (Å²) in [6.45, 7) is 3.55. The third-order valence-corrected chi connectivity index (χ3v) is 4.50. The topological polar surface area (TPSA) is 54.0 Å². The molecular formula is C15H17N3OS. The number of amides is 1. The fourth-order valence-corrected chi connectivity index (χ4v) is 2.93. The predicted molar refractivity (Wildman–Crippen MR) is 80.5 cm³/mol. The number of nitrogens with one attached hydrogen (secondary N) is 2. The number of thiazole rings is 1. The Labute approximate surface area is 122 Å². The van der Waals surface area contributed by atoms with Gasteiger partial charge in [0.15, 0.2) is 0 Å². The lowest BCUT2D eigenvalue weighted by molar-refractivity contribution is -0.127. The highest BCUT2D eigenvalue weighted by Gasteiger charge is 2.26. The lowest BCUT2D eigenvalue weighted by atomic mass is 10.0. The van der Waals surface area contributed by atoms with Gasteiger partial charge in [-0.1, -0.05) is 30.3 Å². The minimum atomic E-state index is -0.0365. The van der Waals surface area contributed by atoms with E-state index < -0.39 is 0 Å². The Morgan fingerprint density at radius 3 is 2.80 bits per heavy atom. The van der Waals surface area contributed by atoms with E-state index in [9.17, 15) is 4.79 Å². The fraction of sp³-hybridized carbons (Fsp3) is 0.333. The van der Waals surface area contributed by atoms with Crippen LogP contribution in [0.5, 0.6) is 0 Å². The molecule has 1 atom stereocenters. The molecule has 1 amide bonds. The number of hydrogen-bond donors (Lipinski definition) is 2. The van der Waals surface area contributed by atoms with E-state index in [0.717, 1.165) is 29.4 Å². The Kier molecular flexibility index (Phi) is 3.80. The van der Waals surface area contributed by atoms with Crippen LogP contribution in [-0.2, 0) is 4.79 Å². The van der Waals surface area contributed by atoms with Gasteiger partial charge in [0, 0.05) is 24.0 Å². The van der Waals surface area contributed by atoms with E-state index in [1.165, 1.54) is 0 Å². The zero-order valence-corrected chi connectivity index (χ0v) is 12.1. The maximum absolute atomic E-state index is 11.9. The number of aromatic nitrogens is 1. The average Bonchev–Trinajstić information content (AvgIpc) is 2.87. The molecule has 1 aliphatic rings. The van der Waals surface area contributed by atoms with Gasteiger partial charge in [-0.3, -0.25) is 4.79 Å². The van der Waals surface area contributed by atoms with Crippen molar-refractivity contribution in [2.75, 3.05) is 13.1 Å². The van der Waals surface area contributed by atoms with E-state index >= 15 is 0 Å². The molecule has 104 valence electrons. The highest BCUT2D eigenvalue weighted by Crippen LogP contribution is 2.25. The van der Waals surface area contributed by atoms with Crippen LogP contribution in [0.1, 0.15) is 18.0 Å². The molecule has 5 heteroatoms. The molecule has 1 saturated heterocycles. The number of benzene rings is 1. The van der Waals surface area contributed by atoms with Gasteiger partial charge in [0.2, 0.25) is 5.91 Å². The van der Waals surface area contributed by atoms with Gasteiger partial charge in [-0.05, 0) is 6.92 Å². The van der Waals surface area contributed by atoms with Gasteiger partial charge in [0.05, 0.1) is 17.7 Å². The molecule has 20 heavy (non-hydrogen) atoms. The summed E-state index contributed by atoms with van der Waals surface area (Å²) in [7, 11) is 0. The van der Waals surface area contributed by atoms with Crippen molar-refractivity contribution in [2.24, 2.45) is 5.92 Å². The summed E-state index contributed by atoms with van der Waals surface area (Å²) in [5, 5.41) is 9.13. The standard InChI is InChI=1S/C15H17N3OS/c1-10(17-14(19)12-7-16-8-12)15-18-13(9-20-15)11-5-3-2-4-6-11/h2-6,9-10,12,16H,7-8H2,1H3,(H,17,19). The SMILES string of the molecule is CC(NC(=O)C1CNC1)c1nc(-c2ccccc2)cs1. The van der Waals surface area contributed by atoms with Crippen LogP contribution >= 0.6 is 11.3 Å². The lowest BCUT2D eigenvalue weighted by Crippen LogP contribution is -2.51. The van der Waals surface area contributed by atoms with Crippen molar-refractivity contribution in [2.45, 2.75) is 13.0 Å². The molecular weight excluding hydrogens is 270 g/mol. The second-order valence-electron chi connectivity index (χ2n) is 5.02. The van der Waals surface area contributed by atoms with Gasteiger partial charge in [0.25, 0.3) is 0 Å². The van der Waals surface area contributed by atoms with Crippen molar-refractivity contribution in [3.8, 4) is 11.3 Å². The van der Waals surface area contributed by atoms with E-state index in [1.54, 1.807) is 11.3 Å². The number of nitrogens with zero attached hydrogens (tertiary/aromatic N) is 1. The second-order valence-corrected chi connectivity index (χ2v) is 5.91. The first-order valence-corrected chi connectivity index (χ1v) is 7.64. The molecule has 0 saturated carbocycles. The molecule has 1 aromatic heterocycles. The van der Waals surface area contributed by atoms with Gasteiger partial charge in [-0.15, -0.1) is 11.3 Å². The smallest absolute Gasteiger partial charge is 0.226 e. The van der Waals surface area contributed by atoms with Crippen LogP contribution in [0.2, 0.25) is 0 Å². The fourth-order valence-electron chi connectivity index (χ4n) is 2.10. The zero-order valence-electron chi connectivity index (χ0n) is 11.3. The maximum atomic E-state index is 11.9. The first kappa shape index (κ1) is 13.3. The van der Waals surface area contributed by atoms with Crippen molar-refractivity contribution in [3.63, 3.8) is 0 Å². The van der Waals surface area contributed by atoms with Crippen LogP contribution in [0.15, 0.2) is 35.7 Å². The molecule has 0 radical (unpaired) electrons. The van der Waals surface area contributed by atoms with Gasteiger partial charge >= 0.3 is 0 Å². The zero-order chi connectivity index (χ0) is 13.9. The van der Waals surface area contributed by atoms with Crippen molar-refractivity contribution >= 4 is 17.2 Å². The Morgan fingerprint density at radius 2 is 2.15 bits per heavy atom. The highest BCUT2D eigenvalue weighted by atomic mass is 32.1. The molecule has 1 fully saturated rings. The number of hydrogen-bond acceptors (Lipinski definition) is 4. The summed E-state index contributed by atoms with van der Waals surface area (Å²) in [5.41, 5.74) is 2.08. The quantitative estimate of drug-likeness (QED) is 0.906. The summed E-state index contributed by atoms with van der Waals surface area (Å²) in [6, 6.07) is 10.0. The molecule has 0 aliphatic carbocycles. The van der Waals surface area contributed by atoms with Gasteiger partial charge in [0.1, 0.15) is 5.01 Å². The normalized spacial score (nSPS) is 16.4. The van der Waals surface area contributed by atoms with E-state index in [1.807, 2.05) is 42.6 Å². The summed E-state index contributed by atoms with van der Waals surface area (Å²) in [6.07, 6.45) is 0. The molecule has 2 N–H and O–H groups in total. The third kappa shape index (κ3) is 2.73. The Hall–Kier alpha value is -1.72. The molecule has 1 aliphatic heterocycles. The van der Waals surface area contributed by atoms with Crippen LogP contribution in [-0.4, -0.2) is 24.0 Å². The largest absolute Gasteiger partial charge is 0.347 e. The average molecular weight is 287 g/mol. The lowest BCUT2D eigenvalue weighted by Gasteiger charge is -2.27. The van der Waals surface area contributed by atoms with Crippen molar-refractivity contribution in [1.82, 2.24) is 15.6 Å². The predicted octanol–water partition coefficient (Wildman–Crippen LogP) is 2.21. The summed E-state index contributed by atoms with van der Waals surface area (Å²) in [5.74, 6) is 0.235. The van der Waals surface area contributed by atoms with E-state index in [2.05, 4.69) is 15.6 Å². The Bertz CT molecular complexity index is 592. The van der Waals surface area contributed by atoms with Crippen molar-refractivity contribution in [1.29, 1.82) is 0 Å². The summed E-state index contributed by atoms with van der Waals surface area (Å²) >= 11 is 1.59. The van der Waals surface area contributed by atoms with Crippen LogP contribution in [0.3, 0.4) is 0 Å². The van der Waals surface area contributed by atoms with E-state index in [-0.39, 0.29) is 17.9 Å². The molecule has 0 spiro atoms. The molecule has 3 rings (SSSR count). The maximum Gasteiger partial charge on any atom is 0.226 e. The first-order valence-electron chi connectivity index (χ1n) is 6.76. The van der Waals surface area contributed by atoms with Crippen LogP contribution in [0.4, 0.5) is 0 Å². The van der Waals surface area contributed by atoms with Crippen molar-refractivity contribution < 1.29 is 4.79 Å². The number of carbonyl (C=O) groups is 1. The minimum absolute atomic E-state index is 0.0365. The molecule has 1 unspecified atom stereocenters. The second kappa shape index (κ2) is 5.73. The minimum Gasteiger partial charge on any atom is -0.347 e. The number of rotatable bonds is 4. The molecule has 1 aromatic carbocycles. The monoisotopic (exact) mass is 287 g/mol. The van der Waals surface area contributed by atoms with Gasteiger partial charge < -0.3 is 10.6 Å². The van der Waals surface area contributed by atoms with Crippen LogP contribution in [0, 0.1) is 5.92 Å². The van der Waals surface area contributed by atoms with Gasteiger partial charge in [-0.2, -0.15) is 0 Å². The summed E-state index contributed by atoms with van der Waals surface area (Å²) < 4.78 is 0.